The Labute approximate surface area is 163 Å². The average Bonchev–Trinajstić information content (AvgIpc) is 3.25. The van der Waals surface area contributed by atoms with Crippen LogP contribution in [0.1, 0.15) is 37.9 Å². The molecular formula is C21H22N6O. The summed E-state index contributed by atoms with van der Waals surface area (Å²) in [7, 11) is 0. The van der Waals surface area contributed by atoms with Crippen LogP contribution in [0.4, 0.5) is 11.5 Å². The number of allylic oxidation sites excluding steroid dienone is 1. The summed E-state index contributed by atoms with van der Waals surface area (Å²) in [5.74, 6) is 0.558. The van der Waals surface area contributed by atoms with Gasteiger partial charge in [0.25, 0.3) is 5.91 Å². The topological polar surface area (TPSA) is 84.7 Å². The van der Waals surface area contributed by atoms with Gasteiger partial charge in [-0.15, -0.1) is 0 Å². The zero-order valence-electron chi connectivity index (χ0n) is 16.3. The van der Waals surface area contributed by atoms with Gasteiger partial charge in [-0.2, -0.15) is 5.10 Å². The van der Waals surface area contributed by atoms with Crippen molar-refractivity contribution < 1.29 is 4.79 Å². The molecule has 28 heavy (non-hydrogen) atoms. The Morgan fingerprint density at radius 3 is 2.75 bits per heavy atom. The Bertz CT molecular complexity index is 1100. The third-order valence-corrected chi connectivity index (χ3v) is 4.79. The fourth-order valence-electron chi connectivity index (χ4n) is 3.27. The van der Waals surface area contributed by atoms with Crippen molar-refractivity contribution in [2.45, 2.75) is 33.7 Å². The predicted molar refractivity (Wildman–Crippen MR) is 110 cm³/mol. The number of nitrogens with zero attached hydrogens (tertiary/aromatic N) is 4. The van der Waals surface area contributed by atoms with Crippen LogP contribution in [0.3, 0.4) is 0 Å². The molecule has 1 aliphatic rings. The van der Waals surface area contributed by atoms with Gasteiger partial charge in [0.1, 0.15) is 0 Å². The SMILES string of the molecule is C/C(Nc1ccn(C(C)C)n1)=C1/C(=O)Nc2cnc(-c3cnccc3C)cc21. The minimum absolute atomic E-state index is 0.148. The lowest BCUT2D eigenvalue weighted by Gasteiger charge is -2.09. The van der Waals surface area contributed by atoms with Gasteiger partial charge in [0.2, 0.25) is 0 Å². The van der Waals surface area contributed by atoms with E-state index in [0.29, 0.717) is 17.1 Å². The fraction of sp³-hybridized carbons (Fsp3) is 0.238. The van der Waals surface area contributed by atoms with E-state index in [1.165, 1.54) is 0 Å². The Balaban J connectivity index is 1.73. The van der Waals surface area contributed by atoms with Crippen molar-refractivity contribution in [3.8, 4) is 11.3 Å². The molecule has 4 rings (SSSR count). The standard InChI is InChI=1S/C21H22N6O/c1-12(2)27-8-6-19(26-27)24-14(4)20-15-9-17(16-10-22-7-5-13(16)3)23-11-18(15)25-21(20)28/h5-12H,1-4H3,(H,24,26)(H,25,28)/b20-14-. The van der Waals surface area contributed by atoms with Crippen molar-refractivity contribution in [3.05, 3.63) is 59.8 Å². The van der Waals surface area contributed by atoms with E-state index in [-0.39, 0.29) is 11.9 Å². The molecule has 4 heterocycles. The molecule has 0 radical (unpaired) electrons. The first-order valence-electron chi connectivity index (χ1n) is 9.20. The molecule has 0 unspecified atom stereocenters. The third-order valence-electron chi connectivity index (χ3n) is 4.79. The number of rotatable bonds is 4. The van der Waals surface area contributed by atoms with Crippen molar-refractivity contribution in [3.63, 3.8) is 0 Å². The van der Waals surface area contributed by atoms with E-state index in [9.17, 15) is 4.79 Å². The van der Waals surface area contributed by atoms with E-state index in [1.807, 2.05) is 42.9 Å². The first-order valence-corrected chi connectivity index (χ1v) is 9.20. The van der Waals surface area contributed by atoms with E-state index >= 15 is 0 Å². The van der Waals surface area contributed by atoms with E-state index in [0.717, 1.165) is 28.1 Å². The maximum absolute atomic E-state index is 12.6. The van der Waals surface area contributed by atoms with Crippen LogP contribution in [0.15, 0.2) is 48.7 Å². The minimum atomic E-state index is -0.148. The number of hydrogen-bond acceptors (Lipinski definition) is 5. The lowest BCUT2D eigenvalue weighted by molar-refractivity contribution is -0.110. The van der Waals surface area contributed by atoms with Crippen LogP contribution in [-0.2, 0) is 4.79 Å². The van der Waals surface area contributed by atoms with Crippen LogP contribution in [-0.4, -0.2) is 25.7 Å². The largest absolute Gasteiger partial charge is 0.342 e. The maximum atomic E-state index is 12.6. The van der Waals surface area contributed by atoms with E-state index in [2.05, 4.69) is 39.5 Å². The molecule has 1 aliphatic heterocycles. The number of hydrogen-bond donors (Lipinski definition) is 2. The molecule has 1 amide bonds. The van der Waals surface area contributed by atoms with Gasteiger partial charge in [-0.1, -0.05) is 0 Å². The number of nitrogens with one attached hydrogen (secondary N) is 2. The molecule has 7 nitrogen and oxygen atoms in total. The maximum Gasteiger partial charge on any atom is 0.258 e. The van der Waals surface area contributed by atoms with Gasteiger partial charge in [-0.3, -0.25) is 19.4 Å². The normalized spacial score (nSPS) is 14.8. The van der Waals surface area contributed by atoms with Crippen LogP contribution in [0, 0.1) is 6.92 Å². The molecule has 0 fully saturated rings. The molecule has 0 spiro atoms. The Hall–Kier alpha value is -3.48. The Kier molecular flexibility index (Phi) is 4.43. The summed E-state index contributed by atoms with van der Waals surface area (Å²) in [4.78, 5) is 21.3. The number of amides is 1. The summed E-state index contributed by atoms with van der Waals surface area (Å²) in [6, 6.07) is 6.05. The van der Waals surface area contributed by atoms with Gasteiger partial charge in [0, 0.05) is 47.5 Å². The molecular weight excluding hydrogens is 352 g/mol. The van der Waals surface area contributed by atoms with E-state index in [4.69, 9.17) is 0 Å². The summed E-state index contributed by atoms with van der Waals surface area (Å²) in [6.07, 6.45) is 7.16. The molecule has 0 saturated carbocycles. The van der Waals surface area contributed by atoms with Gasteiger partial charge >= 0.3 is 0 Å². The number of carbonyl (C=O) groups is 1. The molecule has 2 N–H and O–H groups in total. The number of anilines is 2. The van der Waals surface area contributed by atoms with Gasteiger partial charge in [0.15, 0.2) is 5.82 Å². The highest BCUT2D eigenvalue weighted by molar-refractivity contribution is 6.32. The van der Waals surface area contributed by atoms with Gasteiger partial charge in [-0.25, -0.2) is 0 Å². The van der Waals surface area contributed by atoms with Crippen molar-refractivity contribution in [1.29, 1.82) is 0 Å². The molecule has 7 heteroatoms. The van der Waals surface area contributed by atoms with Crippen molar-refractivity contribution in [1.82, 2.24) is 19.7 Å². The second kappa shape index (κ2) is 6.92. The Morgan fingerprint density at radius 2 is 2.04 bits per heavy atom. The second-order valence-electron chi connectivity index (χ2n) is 7.16. The average molecular weight is 374 g/mol. The number of carbonyl (C=O) groups excluding carboxylic acids is 1. The molecule has 142 valence electrons. The third kappa shape index (κ3) is 3.15. The van der Waals surface area contributed by atoms with E-state index in [1.54, 1.807) is 18.6 Å². The number of fused-ring (bicyclic) bond motifs is 1. The highest BCUT2D eigenvalue weighted by Crippen LogP contribution is 2.36. The minimum Gasteiger partial charge on any atom is -0.342 e. The molecule has 3 aromatic rings. The molecule has 0 bridgehead atoms. The molecule has 0 aromatic carbocycles. The van der Waals surface area contributed by atoms with Crippen molar-refractivity contribution in [2.75, 3.05) is 10.6 Å². The predicted octanol–water partition coefficient (Wildman–Crippen LogP) is 4.02. The van der Waals surface area contributed by atoms with Gasteiger partial charge < -0.3 is 10.6 Å². The molecule has 0 saturated heterocycles. The fourth-order valence-corrected chi connectivity index (χ4v) is 3.27. The first-order chi connectivity index (χ1) is 13.4. The van der Waals surface area contributed by atoms with Crippen molar-refractivity contribution >= 4 is 23.0 Å². The quantitative estimate of drug-likeness (QED) is 0.674. The summed E-state index contributed by atoms with van der Waals surface area (Å²) in [6.45, 7) is 8.03. The Morgan fingerprint density at radius 1 is 1.21 bits per heavy atom. The van der Waals surface area contributed by atoms with Crippen LogP contribution in [0.2, 0.25) is 0 Å². The number of pyridine rings is 2. The lowest BCUT2D eigenvalue weighted by atomic mass is 10.0. The van der Waals surface area contributed by atoms with E-state index < -0.39 is 0 Å². The summed E-state index contributed by atoms with van der Waals surface area (Å²) in [5, 5.41) is 10.6. The van der Waals surface area contributed by atoms with Crippen LogP contribution < -0.4 is 10.6 Å². The summed E-state index contributed by atoms with van der Waals surface area (Å²) in [5.41, 5.74) is 5.69. The van der Waals surface area contributed by atoms with Crippen LogP contribution in [0.5, 0.6) is 0 Å². The zero-order valence-corrected chi connectivity index (χ0v) is 16.3. The molecule has 3 aromatic heterocycles. The monoisotopic (exact) mass is 374 g/mol. The van der Waals surface area contributed by atoms with Crippen LogP contribution >= 0.6 is 0 Å². The first kappa shape index (κ1) is 17.9. The lowest BCUT2D eigenvalue weighted by Crippen LogP contribution is -2.09. The van der Waals surface area contributed by atoms with Crippen LogP contribution in [0.25, 0.3) is 16.8 Å². The molecule has 0 atom stereocenters. The summed E-state index contributed by atoms with van der Waals surface area (Å²) < 4.78 is 1.87. The van der Waals surface area contributed by atoms with Gasteiger partial charge in [-0.05, 0) is 45.4 Å². The summed E-state index contributed by atoms with van der Waals surface area (Å²) >= 11 is 0. The second-order valence-corrected chi connectivity index (χ2v) is 7.16. The number of aryl methyl sites for hydroxylation is 1. The van der Waals surface area contributed by atoms with Gasteiger partial charge in [0.05, 0.1) is 23.2 Å². The highest BCUT2D eigenvalue weighted by atomic mass is 16.2. The molecule has 0 aliphatic carbocycles. The highest BCUT2D eigenvalue weighted by Gasteiger charge is 2.27. The number of aromatic nitrogens is 4. The smallest absolute Gasteiger partial charge is 0.258 e. The zero-order chi connectivity index (χ0) is 19.8. The van der Waals surface area contributed by atoms with Crippen molar-refractivity contribution in [2.24, 2.45) is 0 Å².